The summed E-state index contributed by atoms with van der Waals surface area (Å²) < 4.78 is 18.6. The smallest absolute Gasteiger partial charge is 0.341 e. The van der Waals surface area contributed by atoms with E-state index in [0.29, 0.717) is 5.69 Å². The Labute approximate surface area is 138 Å². The van der Waals surface area contributed by atoms with Crippen molar-refractivity contribution in [2.75, 3.05) is 5.32 Å². The molecule has 2 aromatic rings. The molecule has 0 heterocycles. The van der Waals surface area contributed by atoms with E-state index in [-0.39, 0.29) is 10.6 Å². The average Bonchev–Trinajstić information content (AvgIpc) is 2.49. The van der Waals surface area contributed by atoms with E-state index in [9.17, 15) is 14.0 Å². The van der Waals surface area contributed by atoms with Gasteiger partial charge in [-0.2, -0.15) is 0 Å². The second-order valence-electron chi connectivity index (χ2n) is 5.03. The van der Waals surface area contributed by atoms with Crippen LogP contribution >= 0.6 is 11.6 Å². The highest BCUT2D eigenvalue weighted by Crippen LogP contribution is 2.17. The van der Waals surface area contributed by atoms with E-state index >= 15 is 0 Å². The maximum Gasteiger partial charge on any atom is 0.341 e. The second-order valence-corrected chi connectivity index (χ2v) is 5.47. The quantitative estimate of drug-likeness (QED) is 0.860. The van der Waals surface area contributed by atoms with Crippen LogP contribution in [0.15, 0.2) is 42.5 Å². The van der Waals surface area contributed by atoms with Gasteiger partial charge in [0.1, 0.15) is 5.82 Å². The Morgan fingerprint density at radius 1 is 1.22 bits per heavy atom. The lowest BCUT2D eigenvalue weighted by molar-refractivity contribution is -0.123. The molecule has 120 valence electrons. The van der Waals surface area contributed by atoms with Gasteiger partial charge < -0.3 is 10.1 Å². The minimum absolute atomic E-state index is 0.204. The lowest BCUT2D eigenvalue weighted by Gasteiger charge is -2.14. The molecule has 2 aromatic carbocycles. The molecule has 0 aliphatic rings. The highest BCUT2D eigenvalue weighted by atomic mass is 35.5. The van der Waals surface area contributed by atoms with Crippen LogP contribution in [-0.2, 0) is 9.53 Å². The molecule has 0 saturated heterocycles. The number of aryl methyl sites for hydroxylation is 1. The summed E-state index contributed by atoms with van der Waals surface area (Å²) in [5, 5.41) is 2.83. The third kappa shape index (κ3) is 4.53. The number of carbonyl (C=O) groups is 2. The lowest BCUT2D eigenvalue weighted by Crippen LogP contribution is -2.30. The Hall–Kier alpha value is -2.40. The monoisotopic (exact) mass is 335 g/mol. The minimum Gasteiger partial charge on any atom is -0.449 e. The number of hydrogen-bond acceptors (Lipinski definition) is 3. The zero-order valence-corrected chi connectivity index (χ0v) is 13.4. The molecule has 0 aliphatic heterocycles. The molecule has 0 spiro atoms. The van der Waals surface area contributed by atoms with E-state index in [1.807, 2.05) is 13.0 Å². The van der Waals surface area contributed by atoms with Gasteiger partial charge in [-0.05, 0) is 49.7 Å². The number of carbonyl (C=O) groups excluding carboxylic acids is 2. The first-order valence-electron chi connectivity index (χ1n) is 6.90. The molecule has 0 bridgehead atoms. The lowest BCUT2D eigenvalue weighted by atomic mass is 10.2. The third-order valence-electron chi connectivity index (χ3n) is 3.09. The predicted octanol–water partition coefficient (Wildman–Crippen LogP) is 3.97. The number of rotatable bonds is 4. The van der Waals surface area contributed by atoms with Crippen molar-refractivity contribution in [2.45, 2.75) is 20.0 Å². The first kappa shape index (κ1) is 17.0. The molecule has 0 radical (unpaired) electrons. The Bertz CT molecular complexity index is 748. The number of nitrogens with one attached hydrogen (secondary N) is 1. The standard InChI is InChI=1S/C17H15ClFNO3/c1-10-4-3-5-13(8-10)20-16(21)11(2)23-17(22)14-9-12(18)6-7-15(14)19/h3-9,11H,1-2H3,(H,20,21)/t11-/m1/s1. The molecule has 0 aromatic heterocycles. The summed E-state index contributed by atoms with van der Waals surface area (Å²) in [5.41, 5.74) is 1.26. The van der Waals surface area contributed by atoms with Crippen molar-refractivity contribution < 1.29 is 18.7 Å². The van der Waals surface area contributed by atoms with Gasteiger partial charge in [0.15, 0.2) is 6.10 Å². The van der Waals surface area contributed by atoms with Crippen molar-refractivity contribution in [3.63, 3.8) is 0 Å². The van der Waals surface area contributed by atoms with Gasteiger partial charge in [-0.25, -0.2) is 9.18 Å². The Morgan fingerprint density at radius 2 is 1.96 bits per heavy atom. The SMILES string of the molecule is Cc1cccc(NC(=O)[C@@H](C)OC(=O)c2cc(Cl)ccc2F)c1. The van der Waals surface area contributed by atoms with Crippen molar-refractivity contribution in [2.24, 2.45) is 0 Å². The molecule has 4 nitrogen and oxygen atoms in total. The zero-order chi connectivity index (χ0) is 17.0. The highest BCUT2D eigenvalue weighted by Gasteiger charge is 2.21. The molecule has 23 heavy (non-hydrogen) atoms. The van der Waals surface area contributed by atoms with Crippen LogP contribution in [0.4, 0.5) is 10.1 Å². The molecule has 2 rings (SSSR count). The normalized spacial score (nSPS) is 11.7. The number of hydrogen-bond donors (Lipinski definition) is 1. The van der Waals surface area contributed by atoms with Crippen LogP contribution in [0, 0.1) is 12.7 Å². The summed E-state index contributed by atoms with van der Waals surface area (Å²) >= 11 is 5.73. The van der Waals surface area contributed by atoms with E-state index in [2.05, 4.69) is 5.32 Å². The Balaban J connectivity index is 2.03. The Kier molecular flexibility index (Phi) is 5.34. The first-order valence-corrected chi connectivity index (χ1v) is 7.28. The van der Waals surface area contributed by atoms with Crippen LogP contribution in [0.1, 0.15) is 22.8 Å². The molecule has 0 saturated carbocycles. The number of amides is 1. The van der Waals surface area contributed by atoms with E-state index in [1.54, 1.807) is 18.2 Å². The van der Waals surface area contributed by atoms with Gasteiger partial charge in [-0.15, -0.1) is 0 Å². The second kappa shape index (κ2) is 7.24. The summed E-state index contributed by atoms with van der Waals surface area (Å²) in [5.74, 6) is -2.21. The number of anilines is 1. The molecule has 6 heteroatoms. The van der Waals surface area contributed by atoms with Crippen molar-refractivity contribution in [1.82, 2.24) is 0 Å². The highest BCUT2D eigenvalue weighted by molar-refractivity contribution is 6.30. The number of benzene rings is 2. The summed E-state index contributed by atoms with van der Waals surface area (Å²) in [6, 6.07) is 10.7. The van der Waals surface area contributed by atoms with Gasteiger partial charge in [0.2, 0.25) is 0 Å². The summed E-state index contributed by atoms with van der Waals surface area (Å²) in [7, 11) is 0. The molecular weight excluding hydrogens is 321 g/mol. The summed E-state index contributed by atoms with van der Waals surface area (Å²) in [6.45, 7) is 3.30. The maximum absolute atomic E-state index is 13.6. The molecule has 0 fully saturated rings. The Morgan fingerprint density at radius 3 is 2.65 bits per heavy atom. The number of halogens is 2. The average molecular weight is 336 g/mol. The molecule has 1 amide bonds. The fraction of sp³-hybridized carbons (Fsp3) is 0.176. The number of ether oxygens (including phenoxy) is 1. The van der Waals surface area contributed by atoms with Gasteiger partial charge in [-0.3, -0.25) is 4.79 Å². The van der Waals surface area contributed by atoms with Gasteiger partial charge in [0, 0.05) is 10.7 Å². The van der Waals surface area contributed by atoms with E-state index < -0.39 is 23.8 Å². The first-order chi connectivity index (χ1) is 10.9. The van der Waals surface area contributed by atoms with E-state index in [4.69, 9.17) is 16.3 Å². The van der Waals surface area contributed by atoms with Gasteiger partial charge >= 0.3 is 5.97 Å². The fourth-order valence-electron chi connectivity index (χ4n) is 1.90. The van der Waals surface area contributed by atoms with Crippen LogP contribution in [0.3, 0.4) is 0 Å². The van der Waals surface area contributed by atoms with Crippen LogP contribution in [0.5, 0.6) is 0 Å². The predicted molar refractivity (Wildman–Crippen MR) is 86.1 cm³/mol. The van der Waals surface area contributed by atoms with Crippen LogP contribution < -0.4 is 5.32 Å². The van der Waals surface area contributed by atoms with E-state index in [0.717, 1.165) is 17.7 Å². The van der Waals surface area contributed by atoms with Crippen LogP contribution in [0.25, 0.3) is 0 Å². The largest absolute Gasteiger partial charge is 0.449 e. The van der Waals surface area contributed by atoms with Crippen LogP contribution in [-0.4, -0.2) is 18.0 Å². The van der Waals surface area contributed by atoms with Crippen LogP contribution in [0.2, 0.25) is 5.02 Å². The van der Waals surface area contributed by atoms with Gasteiger partial charge in [0.05, 0.1) is 5.56 Å². The zero-order valence-electron chi connectivity index (χ0n) is 12.6. The molecule has 0 aliphatic carbocycles. The topological polar surface area (TPSA) is 55.4 Å². The third-order valence-corrected chi connectivity index (χ3v) is 3.32. The van der Waals surface area contributed by atoms with Gasteiger partial charge in [0.25, 0.3) is 5.91 Å². The van der Waals surface area contributed by atoms with E-state index in [1.165, 1.54) is 13.0 Å². The van der Waals surface area contributed by atoms with Crippen molar-refractivity contribution in [1.29, 1.82) is 0 Å². The molecular formula is C17H15ClFNO3. The molecule has 1 atom stereocenters. The van der Waals surface area contributed by atoms with Crippen molar-refractivity contribution in [3.05, 3.63) is 64.4 Å². The summed E-state index contributed by atoms with van der Waals surface area (Å²) in [6.07, 6.45) is -1.08. The minimum atomic E-state index is -1.08. The maximum atomic E-state index is 13.6. The fourth-order valence-corrected chi connectivity index (χ4v) is 2.07. The van der Waals surface area contributed by atoms with Crippen molar-refractivity contribution >= 4 is 29.2 Å². The molecule has 0 unspecified atom stereocenters. The molecule has 1 N–H and O–H groups in total. The number of esters is 1. The summed E-state index contributed by atoms with van der Waals surface area (Å²) in [4.78, 5) is 24.0. The van der Waals surface area contributed by atoms with Crippen molar-refractivity contribution in [3.8, 4) is 0 Å². The van der Waals surface area contributed by atoms with Gasteiger partial charge in [-0.1, -0.05) is 23.7 Å².